The molecule has 0 aromatic heterocycles. The Morgan fingerprint density at radius 1 is 1.12 bits per heavy atom. The summed E-state index contributed by atoms with van der Waals surface area (Å²) < 4.78 is 33.2. The first kappa shape index (κ1) is 17.2. The third kappa shape index (κ3) is 3.90. The molecule has 0 spiro atoms. The van der Waals surface area contributed by atoms with Gasteiger partial charge in [0.25, 0.3) is 5.91 Å². The van der Waals surface area contributed by atoms with Gasteiger partial charge in [0, 0.05) is 23.6 Å². The van der Waals surface area contributed by atoms with Crippen molar-refractivity contribution < 1.29 is 23.1 Å². The number of halogens is 2. The molecule has 1 atom stereocenters. The molecule has 2 N–H and O–H groups in total. The predicted octanol–water partition coefficient (Wildman–Crippen LogP) is 3.42. The number of para-hydroxylation sites is 1. The van der Waals surface area contributed by atoms with Gasteiger partial charge in [-0.1, -0.05) is 12.1 Å². The fourth-order valence-electron chi connectivity index (χ4n) is 2.29. The van der Waals surface area contributed by atoms with Crippen LogP contribution in [0.25, 0.3) is 0 Å². The Hall–Kier alpha value is -2.61. The van der Waals surface area contributed by atoms with E-state index < -0.39 is 29.6 Å². The molecule has 1 aliphatic rings. The number of fused-ring (bicyclic) bond motifs is 1. The van der Waals surface area contributed by atoms with Crippen LogP contribution in [0.5, 0.6) is 5.75 Å². The first-order chi connectivity index (χ1) is 11.9. The fourth-order valence-corrected chi connectivity index (χ4v) is 3.28. The van der Waals surface area contributed by atoms with Crippen molar-refractivity contribution in [1.29, 1.82) is 0 Å². The normalized spacial score (nSPS) is 15.7. The van der Waals surface area contributed by atoms with Gasteiger partial charge in [0.05, 0.1) is 11.4 Å². The highest BCUT2D eigenvalue weighted by Gasteiger charge is 2.27. The van der Waals surface area contributed by atoms with Gasteiger partial charge >= 0.3 is 0 Å². The largest absolute Gasteiger partial charge is 0.479 e. The maximum atomic E-state index is 13.9. The lowest BCUT2D eigenvalue weighted by atomic mass is 10.2. The summed E-state index contributed by atoms with van der Waals surface area (Å²) in [5, 5.41) is 4.62. The third-order valence-corrected chi connectivity index (χ3v) is 4.54. The van der Waals surface area contributed by atoms with Crippen LogP contribution in [0.2, 0.25) is 0 Å². The molecule has 3 rings (SSSR count). The van der Waals surface area contributed by atoms with Gasteiger partial charge in [0.1, 0.15) is 17.4 Å². The zero-order valence-electron chi connectivity index (χ0n) is 13.1. The highest BCUT2D eigenvalue weighted by atomic mass is 32.2. The van der Waals surface area contributed by atoms with E-state index in [-0.39, 0.29) is 11.4 Å². The van der Waals surface area contributed by atoms with Gasteiger partial charge in [0.2, 0.25) is 5.91 Å². The van der Waals surface area contributed by atoms with E-state index in [0.717, 1.165) is 11.0 Å². The molecule has 8 heteroatoms. The van der Waals surface area contributed by atoms with Crippen molar-refractivity contribution in [3.63, 3.8) is 0 Å². The van der Waals surface area contributed by atoms with Crippen molar-refractivity contribution in [3.8, 4) is 5.75 Å². The molecule has 0 radical (unpaired) electrons. The summed E-state index contributed by atoms with van der Waals surface area (Å²) in [5.74, 6) is -1.98. The number of hydrogen-bond acceptors (Lipinski definition) is 4. The minimum Gasteiger partial charge on any atom is -0.479 e. The highest BCUT2D eigenvalue weighted by molar-refractivity contribution is 7.99. The number of rotatable bonds is 3. The number of ether oxygens (including phenoxy) is 1. The summed E-state index contributed by atoms with van der Waals surface area (Å²) in [5.41, 5.74) is -0.448. The third-order valence-electron chi connectivity index (χ3n) is 3.43. The minimum absolute atomic E-state index is 0.214. The molecule has 2 aromatic rings. The number of nitrogens with one attached hydrogen (secondary N) is 2. The van der Waals surface area contributed by atoms with Gasteiger partial charge in [-0.05, 0) is 18.2 Å². The number of carbonyl (C=O) groups excluding carboxylic acids is 2. The molecule has 0 fully saturated rings. The summed E-state index contributed by atoms with van der Waals surface area (Å²) in [6.45, 7) is 1.20. The van der Waals surface area contributed by atoms with Crippen molar-refractivity contribution in [2.75, 3.05) is 16.4 Å². The maximum Gasteiger partial charge on any atom is 0.266 e. The standard InChI is InChI=1S/C17H14F2N2O3S/c1-9(22)20-12-7-13(11(19)6-10(12)18)21-17(23)15-8-25-16-5-3-2-4-14(16)24-15/h2-7,15H,8H2,1H3,(H,20,22)(H,21,23)/t15-/m1/s1. The van der Waals surface area contributed by atoms with Crippen LogP contribution in [0.3, 0.4) is 0 Å². The first-order valence-electron chi connectivity index (χ1n) is 7.40. The smallest absolute Gasteiger partial charge is 0.266 e. The molecule has 2 aromatic carbocycles. The van der Waals surface area contributed by atoms with E-state index in [0.29, 0.717) is 17.6 Å². The molecule has 0 saturated carbocycles. The zero-order valence-corrected chi connectivity index (χ0v) is 14.0. The molecular weight excluding hydrogens is 350 g/mol. The molecule has 1 aliphatic heterocycles. The van der Waals surface area contributed by atoms with E-state index in [9.17, 15) is 18.4 Å². The molecule has 0 bridgehead atoms. The zero-order chi connectivity index (χ0) is 18.0. The topological polar surface area (TPSA) is 67.4 Å². The Labute approximate surface area is 146 Å². The Balaban J connectivity index is 1.76. The fraction of sp³-hybridized carbons (Fsp3) is 0.176. The van der Waals surface area contributed by atoms with E-state index in [1.165, 1.54) is 18.7 Å². The quantitative estimate of drug-likeness (QED) is 0.876. The lowest BCUT2D eigenvalue weighted by Crippen LogP contribution is -2.37. The Bertz CT molecular complexity index is 845. The maximum absolute atomic E-state index is 13.9. The van der Waals surface area contributed by atoms with E-state index in [2.05, 4.69) is 10.6 Å². The lowest BCUT2D eigenvalue weighted by Gasteiger charge is -2.24. The van der Waals surface area contributed by atoms with Gasteiger partial charge in [-0.25, -0.2) is 8.78 Å². The minimum atomic E-state index is -0.941. The Kier molecular flexibility index (Phi) is 4.89. The van der Waals surface area contributed by atoms with Crippen LogP contribution in [-0.4, -0.2) is 23.7 Å². The molecule has 0 saturated heterocycles. The van der Waals surface area contributed by atoms with Gasteiger partial charge < -0.3 is 15.4 Å². The monoisotopic (exact) mass is 364 g/mol. The van der Waals surface area contributed by atoms with Crippen LogP contribution in [-0.2, 0) is 9.59 Å². The first-order valence-corrected chi connectivity index (χ1v) is 8.38. The molecule has 5 nitrogen and oxygen atoms in total. The van der Waals surface area contributed by atoms with Gasteiger partial charge in [-0.15, -0.1) is 11.8 Å². The average Bonchev–Trinajstić information content (AvgIpc) is 2.58. The van der Waals surface area contributed by atoms with E-state index >= 15 is 0 Å². The van der Waals surface area contributed by atoms with Crippen LogP contribution < -0.4 is 15.4 Å². The Morgan fingerprint density at radius 3 is 2.52 bits per heavy atom. The predicted molar refractivity (Wildman–Crippen MR) is 90.9 cm³/mol. The Morgan fingerprint density at radius 2 is 1.80 bits per heavy atom. The molecule has 0 unspecified atom stereocenters. The van der Waals surface area contributed by atoms with Crippen LogP contribution >= 0.6 is 11.8 Å². The second-order valence-electron chi connectivity index (χ2n) is 5.35. The van der Waals surface area contributed by atoms with E-state index in [1.807, 2.05) is 12.1 Å². The van der Waals surface area contributed by atoms with Crippen molar-refractivity contribution in [3.05, 3.63) is 48.0 Å². The number of anilines is 2. The van der Waals surface area contributed by atoms with Crippen LogP contribution in [0.15, 0.2) is 41.3 Å². The van der Waals surface area contributed by atoms with Crippen LogP contribution in [0.4, 0.5) is 20.2 Å². The highest BCUT2D eigenvalue weighted by Crippen LogP contribution is 2.35. The SMILES string of the molecule is CC(=O)Nc1cc(NC(=O)[C@H]2CSc3ccccc3O2)c(F)cc1F. The molecule has 130 valence electrons. The number of carbonyl (C=O) groups is 2. The number of benzene rings is 2. The van der Waals surface area contributed by atoms with Crippen LogP contribution in [0.1, 0.15) is 6.92 Å². The summed E-state index contributed by atoms with van der Waals surface area (Å²) in [6, 6.07) is 8.93. The second-order valence-corrected chi connectivity index (χ2v) is 6.41. The number of thioether (sulfide) groups is 1. The average molecular weight is 364 g/mol. The number of hydrogen-bond donors (Lipinski definition) is 2. The molecule has 2 amide bonds. The van der Waals surface area contributed by atoms with Crippen molar-refractivity contribution in [2.45, 2.75) is 17.9 Å². The summed E-state index contributed by atoms with van der Waals surface area (Å²) in [6.07, 6.45) is -0.812. The van der Waals surface area contributed by atoms with Crippen molar-refractivity contribution >= 4 is 35.0 Å². The molecule has 25 heavy (non-hydrogen) atoms. The summed E-state index contributed by atoms with van der Waals surface area (Å²) in [7, 11) is 0. The number of amides is 2. The molecule has 0 aliphatic carbocycles. The molecule has 1 heterocycles. The van der Waals surface area contributed by atoms with E-state index in [4.69, 9.17) is 4.74 Å². The molecular formula is C17H14F2N2O3S. The van der Waals surface area contributed by atoms with E-state index in [1.54, 1.807) is 12.1 Å². The van der Waals surface area contributed by atoms with Gasteiger partial charge in [-0.3, -0.25) is 9.59 Å². The lowest BCUT2D eigenvalue weighted by molar-refractivity contribution is -0.122. The van der Waals surface area contributed by atoms with Crippen molar-refractivity contribution in [2.24, 2.45) is 0 Å². The van der Waals surface area contributed by atoms with Gasteiger partial charge in [0.15, 0.2) is 6.10 Å². The summed E-state index contributed by atoms with van der Waals surface area (Å²) in [4.78, 5) is 24.3. The van der Waals surface area contributed by atoms with Crippen LogP contribution in [0, 0.1) is 11.6 Å². The second kappa shape index (κ2) is 7.10. The summed E-state index contributed by atoms with van der Waals surface area (Å²) >= 11 is 1.46. The van der Waals surface area contributed by atoms with Crippen molar-refractivity contribution in [1.82, 2.24) is 0 Å². The van der Waals surface area contributed by atoms with Gasteiger partial charge in [-0.2, -0.15) is 0 Å².